The maximum Gasteiger partial charge on any atom is 0.493 e. The van der Waals surface area contributed by atoms with Gasteiger partial charge < -0.3 is 9.74 Å². The molecule has 166 valence electrons. The molecule has 2 heterocycles. The van der Waals surface area contributed by atoms with Gasteiger partial charge in [-0.2, -0.15) is 13.2 Å². The van der Waals surface area contributed by atoms with Gasteiger partial charge in [0.15, 0.2) is 6.17 Å². The number of fused-ring (bicyclic) bond motifs is 1. The minimum atomic E-state index is -5.05. The molecule has 1 atom stereocenters. The smallest absolute Gasteiger partial charge is 0.312 e. The summed E-state index contributed by atoms with van der Waals surface area (Å²) in [4.78, 5) is 18.5. The van der Waals surface area contributed by atoms with Crippen molar-refractivity contribution in [3.8, 4) is 0 Å². The molecule has 0 aromatic rings. The summed E-state index contributed by atoms with van der Waals surface area (Å²) in [5.41, 5.74) is 0.913. The topological polar surface area (TPSA) is 45.1 Å². The van der Waals surface area contributed by atoms with Crippen molar-refractivity contribution < 1.29 is 22.8 Å². The maximum atomic E-state index is 13.0. The van der Waals surface area contributed by atoms with Crippen LogP contribution in [0.4, 0.5) is 13.2 Å². The summed E-state index contributed by atoms with van der Waals surface area (Å²) in [6, 6.07) is 0. The van der Waals surface area contributed by atoms with Crippen molar-refractivity contribution >= 4 is 11.8 Å². The van der Waals surface area contributed by atoms with E-state index in [1.807, 2.05) is 11.1 Å². The largest absolute Gasteiger partial charge is 0.493 e. The summed E-state index contributed by atoms with van der Waals surface area (Å²) in [7, 11) is 0. The molecule has 2 aliphatic heterocycles. The van der Waals surface area contributed by atoms with Gasteiger partial charge in [-0.25, -0.2) is 4.79 Å². The number of amidine groups is 1. The van der Waals surface area contributed by atoms with E-state index in [4.69, 9.17) is 4.84 Å². The second-order valence-electron chi connectivity index (χ2n) is 11.2. The number of hydroxylamine groups is 1. The molecular weight excluding hydrogens is 395 g/mol. The van der Waals surface area contributed by atoms with Crippen LogP contribution in [-0.2, 0) is 9.63 Å². The maximum absolute atomic E-state index is 13.0. The number of hydrogen-bond donors (Lipinski definition) is 0. The first-order chi connectivity index (χ1) is 13.9. The Morgan fingerprint density at radius 1 is 1.10 bits per heavy atom. The number of rotatable bonds is 2. The van der Waals surface area contributed by atoms with Crippen LogP contribution < -0.4 is 0 Å². The van der Waals surface area contributed by atoms with Gasteiger partial charge in [0.05, 0.1) is 0 Å². The van der Waals surface area contributed by atoms with Crippen molar-refractivity contribution in [2.75, 3.05) is 0 Å². The lowest BCUT2D eigenvalue weighted by Gasteiger charge is -2.57. The van der Waals surface area contributed by atoms with Crippen molar-refractivity contribution in [1.82, 2.24) is 10.1 Å². The first-order valence-electron chi connectivity index (χ1n) is 11.1. The minimum Gasteiger partial charge on any atom is -0.312 e. The Morgan fingerprint density at radius 3 is 2.20 bits per heavy atom. The number of allylic oxidation sites excluding steroid dienone is 1. The molecule has 4 bridgehead atoms. The predicted molar refractivity (Wildman–Crippen MR) is 104 cm³/mol. The molecule has 0 amide bonds. The summed E-state index contributed by atoms with van der Waals surface area (Å²) in [5.74, 6) is 0.646. The van der Waals surface area contributed by atoms with Gasteiger partial charge in [-0.1, -0.05) is 24.6 Å². The summed E-state index contributed by atoms with van der Waals surface area (Å²) in [6.07, 6.45) is 4.79. The monoisotopic (exact) mass is 425 g/mol. The van der Waals surface area contributed by atoms with Crippen LogP contribution in [0, 0.1) is 28.6 Å². The number of alkyl halides is 3. The summed E-state index contributed by atoms with van der Waals surface area (Å²) in [5, 5.41) is 5.56. The summed E-state index contributed by atoms with van der Waals surface area (Å²) >= 11 is 0. The third kappa shape index (κ3) is 3.30. The fourth-order valence-corrected chi connectivity index (χ4v) is 7.37. The average molecular weight is 425 g/mol. The predicted octanol–water partition coefficient (Wildman–Crippen LogP) is 5.20. The Bertz CT molecular complexity index is 782. The van der Waals surface area contributed by atoms with E-state index in [1.54, 1.807) is 0 Å². The van der Waals surface area contributed by atoms with Gasteiger partial charge in [0.2, 0.25) is 0 Å². The second-order valence-corrected chi connectivity index (χ2v) is 11.2. The molecular formula is C22H30F3N3O2. The molecule has 4 fully saturated rings. The highest BCUT2D eigenvalue weighted by Crippen LogP contribution is 2.62. The Balaban J connectivity index is 1.53. The van der Waals surface area contributed by atoms with Crippen molar-refractivity contribution in [3.63, 3.8) is 0 Å². The van der Waals surface area contributed by atoms with Gasteiger partial charge >= 0.3 is 12.1 Å². The van der Waals surface area contributed by atoms with Crippen LogP contribution in [0.15, 0.2) is 16.9 Å². The third-order valence-corrected chi connectivity index (χ3v) is 7.79. The minimum absolute atomic E-state index is 0.113. The van der Waals surface area contributed by atoms with E-state index in [9.17, 15) is 18.0 Å². The fraction of sp³-hybridized carbons (Fsp3) is 0.818. The zero-order valence-corrected chi connectivity index (χ0v) is 17.8. The van der Waals surface area contributed by atoms with E-state index < -0.39 is 18.3 Å². The number of hydrazone groups is 1. The van der Waals surface area contributed by atoms with Crippen LogP contribution in [-0.4, -0.2) is 34.2 Å². The van der Waals surface area contributed by atoms with Crippen LogP contribution in [0.3, 0.4) is 0 Å². The van der Waals surface area contributed by atoms with Crippen molar-refractivity contribution in [2.24, 2.45) is 33.7 Å². The highest BCUT2D eigenvalue weighted by atomic mass is 19.4. The van der Waals surface area contributed by atoms with E-state index >= 15 is 0 Å². The molecule has 1 unspecified atom stereocenters. The molecule has 5 nitrogen and oxygen atoms in total. The van der Waals surface area contributed by atoms with E-state index in [0.717, 1.165) is 36.7 Å². The van der Waals surface area contributed by atoms with Gasteiger partial charge in [0.1, 0.15) is 5.84 Å². The highest BCUT2D eigenvalue weighted by molar-refractivity contribution is 5.91. The van der Waals surface area contributed by atoms with Crippen LogP contribution >= 0.6 is 0 Å². The molecule has 0 saturated heterocycles. The third-order valence-electron chi connectivity index (χ3n) is 7.79. The van der Waals surface area contributed by atoms with Gasteiger partial charge in [0, 0.05) is 11.6 Å². The Kier molecular flexibility index (Phi) is 4.30. The molecule has 0 aromatic carbocycles. The van der Waals surface area contributed by atoms with Gasteiger partial charge in [-0.15, -0.1) is 5.10 Å². The summed E-state index contributed by atoms with van der Waals surface area (Å²) in [6.45, 7) is 6.26. The van der Waals surface area contributed by atoms with Crippen molar-refractivity contribution in [1.29, 1.82) is 0 Å². The first-order valence-corrected chi connectivity index (χ1v) is 11.1. The highest BCUT2D eigenvalue weighted by Gasteiger charge is 2.58. The number of carbonyl (C=O) groups excluding carboxylic acids is 1. The Hall–Kier alpha value is -1.73. The molecule has 30 heavy (non-hydrogen) atoms. The SMILES string of the molecule is CC1=CN2C(C34CC5CC(CC(C5)C3)C4)=NN(OC(=O)C(F)(F)F)C2CC(C)(C)C1. The normalized spacial score (nSPS) is 39.4. The average Bonchev–Trinajstić information content (AvgIpc) is 2.83. The van der Waals surface area contributed by atoms with Crippen molar-refractivity contribution in [2.45, 2.75) is 84.5 Å². The lowest BCUT2D eigenvalue weighted by atomic mass is 9.49. The second kappa shape index (κ2) is 6.39. The zero-order chi connectivity index (χ0) is 21.5. The lowest BCUT2D eigenvalue weighted by molar-refractivity contribution is -0.250. The number of carbonyl (C=O) groups is 1. The molecule has 8 heteroatoms. The Labute approximate surface area is 175 Å². The van der Waals surface area contributed by atoms with Crippen LogP contribution in [0.25, 0.3) is 0 Å². The summed E-state index contributed by atoms with van der Waals surface area (Å²) < 4.78 is 38.9. The van der Waals surface area contributed by atoms with E-state index in [2.05, 4.69) is 25.9 Å². The molecule has 6 rings (SSSR count). The Morgan fingerprint density at radius 2 is 1.67 bits per heavy atom. The van der Waals surface area contributed by atoms with Crippen molar-refractivity contribution in [3.05, 3.63) is 11.8 Å². The standard InChI is InChI=1S/C22H30F3N3O2/c1-13-7-20(2,3)11-17-27(12-13)18(26-28(17)30-19(29)22(23,24)25)21-8-14-4-15(9-21)6-16(5-14)10-21/h12,14-17H,4-11H2,1-3H3. The first kappa shape index (κ1) is 20.2. The van der Waals surface area contributed by atoms with E-state index in [-0.39, 0.29) is 10.8 Å². The molecule has 0 spiro atoms. The number of nitrogens with zero attached hydrogens (tertiary/aromatic N) is 3. The zero-order valence-electron chi connectivity index (χ0n) is 17.8. The molecule has 0 N–H and O–H groups in total. The van der Waals surface area contributed by atoms with Gasteiger partial charge in [0.25, 0.3) is 0 Å². The molecule has 6 aliphatic rings. The number of halogens is 3. The number of hydrogen-bond acceptors (Lipinski definition) is 5. The van der Waals surface area contributed by atoms with Crippen LogP contribution in [0.1, 0.15) is 72.1 Å². The quantitative estimate of drug-likeness (QED) is 0.610. The van der Waals surface area contributed by atoms with E-state index in [0.29, 0.717) is 24.2 Å². The lowest BCUT2D eigenvalue weighted by Crippen LogP contribution is -2.54. The molecule has 0 aromatic heterocycles. The molecule has 0 radical (unpaired) electrons. The van der Waals surface area contributed by atoms with E-state index in [1.165, 1.54) is 24.8 Å². The fourth-order valence-electron chi connectivity index (χ4n) is 7.37. The van der Waals surface area contributed by atoms with Crippen LogP contribution in [0.2, 0.25) is 0 Å². The molecule has 4 saturated carbocycles. The van der Waals surface area contributed by atoms with Gasteiger partial charge in [-0.3, -0.25) is 0 Å². The molecule has 4 aliphatic carbocycles. The van der Waals surface area contributed by atoms with Gasteiger partial charge in [-0.05, 0) is 81.5 Å². The van der Waals surface area contributed by atoms with Crippen LogP contribution in [0.5, 0.6) is 0 Å².